The van der Waals surface area contributed by atoms with Crippen LogP contribution in [-0.4, -0.2) is 50.3 Å². The zero-order chi connectivity index (χ0) is 19.8. The van der Waals surface area contributed by atoms with Crippen molar-refractivity contribution in [3.63, 3.8) is 0 Å². The molecule has 5 nitrogen and oxygen atoms in total. The third kappa shape index (κ3) is 6.06. The van der Waals surface area contributed by atoms with Crippen LogP contribution in [0.5, 0.6) is 5.75 Å². The van der Waals surface area contributed by atoms with Crippen molar-refractivity contribution in [1.82, 2.24) is 10.2 Å². The number of nitrogens with zero attached hydrogens (tertiary/aromatic N) is 1. The SMILES string of the molecule is CC(C)CCOc1ccc(C(=O)NC[C@H](c2cccs2)N2CCOCC2)cc1. The first kappa shape index (κ1) is 20.8. The second-order valence-electron chi connectivity index (χ2n) is 7.44. The molecule has 0 aliphatic carbocycles. The highest BCUT2D eigenvalue weighted by molar-refractivity contribution is 7.10. The van der Waals surface area contributed by atoms with Crippen LogP contribution in [0.1, 0.15) is 41.5 Å². The van der Waals surface area contributed by atoms with E-state index >= 15 is 0 Å². The summed E-state index contributed by atoms with van der Waals surface area (Å²) in [5.74, 6) is 1.37. The molecule has 3 rings (SSSR count). The van der Waals surface area contributed by atoms with Crippen LogP contribution in [0.4, 0.5) is 0 Å². The van der Waals surface area contributed by atoms with E-state index in [1.165, 1.54) is 4.88 Å². The van der Waals surface area contributed by atoms with Gasteiger partial charge in [0.05, 0.1) is 25.9 Å². The first-order valence-corrected chi connectivity index (χ1v) is 10.9. The predicted molar refractivity (Wildman–Crippen MR) is 113 cm³/mol. The lowest BCUT2D eigenvalue weighted by atomic mass is 10.1. The minimum absolute atomic E-state index is 0.0523. The minimum atomic E-state index is -0.0523. The van der Waals surface area contributed by atoms with E-state index in [4.69, 9.17) is 9.47 Å². The van der Waals surface area contributed by atoms with Crippen LogP contribution in [0.15, 0.2) is 41.8 Å². The molecule has 1 fully saturated rings. The third-order valence-electron chi connectivity index (χ3n) is 4.89. The molecule has 1 aromatic heterocycles. The molecule has 1 aliphatic heterocycles. The first-order chi connectivity index (χ1) is 13.6. The predicted octanol–water partition coefficient (Wildman–Crippen LogP) is 3.98. The summed E-state index contributed by atoms with van der Waals surface area (Å²) in [7, 11) is 0. The smallest absolute Gasteiger partial charge is 0.251 e. The number of amides is 1. The average molecular weight is 403 g/mol. The van der Waals surface area contributed by atoms with Gasteiger partial charge in [0, 0.05) is 30.1 Å². The number of rotatable bonds is 9. The van der Waals surface area contributed by atoms with Crippen LogP contribution in [0.2, 0.25) is 0 Å². The Morgan fingerprint density at radius 2 is 1.96 bits per heavy atom. The van der Waals surface area contributed by atoms with Gasteiger partial charge in [-0.2, -0.15) is 0 Å². The molecule has 2 aromatic rings. The van der Waals surface area contributed by atoms with E-state index in [0.717, 1.165) is 38.5 Å². The minimum Gasteiger partial charge on any atom is -0.494 e. The largest absolute Gasteiger partial charge is 0.494 e. The second kappa shape index (κ2) is 10.6. The molecule has 1 aromatic carbocycles. The molecule has 0 bridgehead atoms. The molecular weight excluding hydrogens is 372 g/mol. The molecule has 1 atom stereocenters. The fourth-order valence-corrected chi connectivity index (χ4v) is 4.05. The van der Waals surface area contributed by atoms with Crippen molar-refractivity contribution in [1.29, 1.82) is 0 Å². The number of ether oxygens (including phenoxy) is 2. The number of benzene rings is 1. The summed E-state index contributed by atoms with van der Waals surface area (Å²) < 4.78 is 11.2. The highest BCUT2D eigenvalue weighted by Gasteiger charge is 2.24. The summed E-state index contributed by atoms with van der Waals surface area (Å²) in [6.07, 6.45) is 1.02. The maximum absolute atomic E-state index is 12.6. The Morgan fingerprint density at radius 1 is 1.21 bits per heavy atom. The molecule has 1 N–H and O–H groups in total. The standard InChI is InChI=1S/C22H30N2O3S/c1-17(2)9-12-27-19-7-5-18(6-8-19)22(25)23-16-20(21-4-3-15-28-21)24-10-13-26-14-11-24/h3-8,15,17,20H,9-14,16H2,1-2H3,(H,23,25)/t20-/m1/s1. The molecule has 28 heavy (non-hydrogen) atoms. The van der Waals surface area contributed by atoms with Gasteiger partial charge < -0.3 is 14.8 Å². The zero-order valence-corrected chi connectivity index (χ0v) is 17.5. The van der Waals surface area contributed by atoms with Gasteiger partial charge in [0.1, 0.15) is 5.75 Å². The van der Waals surface area contributed by atoms with Crippen LogP contribution < -0.4 is 10.1 Å². The Morgan fingerprint density at radius 3 is 2.61 bits per heavy atom. The lowest BCUT2D eigenvalue weighted by Crippen LogP contribution is -2.43. The van der Waals surface area contributed by atoms with Crippen molar-refractivity contribution in [2.45, 2.75) is 26.3 Å². The number of morpholine rings is 1. The van der Waals surface area contributed by atoms with Crippen LogP contribution in [0.3, 0.4) is 0 Å². The van der Waals surface area contributed by atoms with Gasteiger partial charge in [-0.25, -0.2) is 0 Å². The van der Waals surface area contributed by atoms with Gasteiger partial charge in [0.2, 0.25) is 0 Å². The normalized spacial score (nSPS) is 16.1. The maximum Gasteiger partial charge on any atom is 0.251 e. The summed E-state index contributed by atoms with van der Waals surface area (Å²) in [5.41, 5.74) is 0.656. The van der Waals surface area contributed by atoms with E-state index in [0.29, 0.717) is 24.6 Å². The van der Waals surface area contributed by atoms with Crippen LogP contribution in [-0.2, 0) is 4.74 Å². The number of thiophene rings is 1. The third-order valence-corrected chi connectivity index (χ3v) is 5.87. The molecule has 2 heterocycles. The number of hydrogen-bond acceptors (Lipinski definition) is 5. The number of hydrogen-bond donors (Lipinski definition) is 1. The van der Waals surface area contributed by atoms with Gasteiger partial charge in [-0.05, 0) is 48.1 Å². The van der Waals surface area contributed by atoms with E-state index in [2.05, 4.69) is 41.6 Å². The summed E-state index contributed by atoms with van der Waals surface area (Å²) in [6, 6.07) is 11.8. The van der Waals surface area contributed by atoms with E-state index in [-0.39, 0.29) is 11.9 Å². The van der Waals surface area contributed by atoms with Crippen molar-refractivity contribution in [2.24, 2.45) is 5.92 Å². The maximum atomic E-state index is 12.6. The van der Waals surface area contributed by atoms with Gasteiger partial charge in [-0.15, -0.1) is 11.3 Å². The van der Waals surface area contributed by atoms with Crippen molar-refractivity contribution in [2.75, 3.05) is 39.5 Å². The van der Waals surface area contributed by atoms with Crippen molar-refractivity contribution < 1.29 is 14.3 Å². The molecular formula is C22H30N2O3S. The Bertz CT molecular complexity index is 710. The van der Waals surface area contributed by atoms with Gasteiger partial charge in [0.25, 0.3) is 5.91 Å². The molecule has 1 aliphatic rings. The highest BCUT2D eigenvalue weighted by atomic mass is 32.1. The van der Waals surface area contributed by atoms with E-state index in [1.54, 1.807) is 11.3 Å². The molecule has 0 unspecified atom stereocenters. The average Bonchev–Trinajstić information content (AvgIpc) is 3.23. The summed E-state index contributed by atoms with van der Waals surface area (Å²) in [4.78, 5) is 16.3. The summed E-state index contributed by atoms with van der Waals surface area (Å²) in [5, 5.41) is 5.19. The fraction of sp³-hybridized carbons (Fsp3) is 0.500. The van der Waals surface area contributed by atoms with Gasteiger partial charge in [-0.3, -0.25) is 9.69 Å². The van der Waals surface area contributed by atoms with Crippen molar-refractivity contribution in [3.8, 4) is 5.75 Å². The lowest BCUT2D eigenvalue weighted by Gasteiger charge is -2.34. The highest BCUT2D eigenvalue weighted by Crippen LogP contribution is 2.25. The molecule has 0 saturated carbocycles. The Balaban J connectivity index is 1.55. The van der Waals surface area contributed by atoms with E-state index in [1.807, 2.05) is 24.3 Å². The summed E-state index contributed by atoms with van der Waals surface area (Å²) >= 11 is 1.73. The van der Waals surface area contributed by atoms with Gasteiger partial charge in [0.15, 0.2) is 0 Å². The Hall–Kier alpha value is -1.89. The van der Waals surface area contributed by atoms with Crippen molar-refractivity contribution in [3.05, 3.63) is 52.2 Å². The van der Waals surface area contributed by atoms with Crippen LogP contribution in [0.25, 0.3) is 0 Å². The Kier molecular flexibility index (Phi) is 7.89. The topological polar surface area (TPSA) is 50.8 Å². The number of carbonyl (C=O) groups is 1. The Labute approximate surface area is 171 Å². The molecule has 0 radical (unpaired) electrons. The molecule has 0 spiro atoms. The molecule has 6 heteroatoms. The van der Waals surface area contributed by atoms with E-state index in [9.17, 15) is 4.79 Å². The molecule has 1 saturated heterocycles. The quantitative estimate of drug-likeness (QED) is 0.689. The van der Waals surface area contributed by atoms with Gasteiger partial charge in [-0.1, -0.05) is 19.9 Å². The van der Waals surface area contributed by atoms with Crippen LogP contribution >= 0.6 is 11.3 Å². The summed E-state index contributed by atoms with van der Waals surface area (Å²) in [6.45, 7) is 8.91. The van der Waals surface area contributed by atoms with Crippen LogP contribution in [0, 0.1) is 5.92 Å². The molecule has 152 valence electrons. The lowest BCUT2D eigenvalue weighted by molar-refractivity contribution is 0.0169. The van der Waals surface area contributed by atoms with E-state index < -0.39 is 0 Å². The second-order valence-corrected chi connectivity index (χ2v) is 8.42. The number of carbonyl (C=O) groups excluding carboxylic acids is 1. The van der Waals surface area contributed by atoms with Gasteiger partial charge >= 0.3 is 0 Å². The fourth-order valence-electron chi connectivity index (χ4n) is 3.19. The van der Waals surface area contributed by atoms with Crippen molar-refractivity contribution >= 4 is 17.2 Å². The zero-order valence-electron chi connectivity index (χ0n) is 16.7. The molecule has 1 amide bonds. The number of nitrogens with one attached hydrogen (secondary N) is 1. The monoisotopic (exact) mass is 402 g/mol. The first-order valence-electron chi connectivity index (χ1n) is 9.99.